The van der Waals surface area contributed by atoms with Crippen LogP contribution in [0.2, 0.25) is 0 Å². The molecule has 14 heavy (non-hydrogen) atoms. The molecule has 0 spiro atoms. The van der Waals surface area contributed by atoms with E-state index < -0.39 is 11.9 Å². The number of carboxylic acids is 1. The van der Waals surface area contributed by atoms with Gasteiger partial charge in [-0.15, -0.1) is 5.57 Å². The molecule has 0 bridgehead atoms. The first-order valence-electron chi connectivity index (χ1n) is 3.39. The maximum atomic E-state index is 10.1. The van der Waals surface area contributed by atoms with E-state index in [0.717, 1.165) is 0 Å². The number of carbonyl (C=O) groups is 2. The summed E-state index contributed by atoms with van der Waals surface area (Å²) in [6.45, 7) is 11.1. The van der Waals surface area contributed by atoms with E-state index in [1.54, 1.807) is 0 Å². The summed E-state index contributed by atoms with van der Waals surface area (Å²) in [6, 6.07) is 0. The van der Waals surface area contributed by atoms with Crippen LogP contribution >= 0.6 is 0 Å². The summed E-state index contributed by atoms with van der Waals surface area (Å²) in [7, 11) is 1.29. The van der Waals surface area contributed by atoms with Crippen LogP contribution in [0.15, 0.2) is 17.7 Å². The van der Waals surface area contributed by atoms with E-state index >= 15 is 0 Å². The van der Waals surface area contributed by atoms with E-state index in [0.29, 0.717) is 0 Å². The summed E-state index contributed by atoms with van der Waals surface area (Å²) in [5.74, 6) is -1.39. The molecule has 0 saturated heterocycles. The smallest absolute Gasteiger partial charge is 0.550 e. The molecule has 4 nitrogen and oxygen atoms in total. The predicted octanol–water partition coefficient (Wildman–Crippen LogP) is -1.81. The average Bonchev–Trinajstić information content (AvgIpc) is 2.03. The van der Waals surface area contributed by atoms with Gasteiger partial charge in [-0.05, 0) is 6.92 Å². The Morgan fingerprint density at radius 3 is 1.64 bits per heavy atom. The van der Waals surface area contributed by atoms with Gasteiger partial charge in [0.05, 0.1) is 7.11 Å². The summed E-state index contributed by atoms with van der Waals surface area (Å²) < 4.78 is 4.21. The molecule has 0 aliphatic heterocycles. The molecule has 0 heterocycles. The van der Waals surface area contributed by atoms with Gasteiger partial charge in [0, 0.05) is 5.57 Å². The zero-order chi connectivity index (χ0) is 11.0. The number of ether oxygens (including phenoxy) is 1. The van der Waals surface area contributed by atoms with Crippen LogP contribution in [0, 0.1) is 6.58 Å². The van der Waals surface area contributed by atoms with E-state index in [9.17, 15) is 9.59 Å². The Kier molecular flexibility index (Phi) is 14.3. The molecule has 0 radical (unpaired) electrons. The van der Waals surface area contributed by atoms with Gasteiger partial charge in [-0.3, -0.25) is 6.58 Å². The summed E-state index contributed by atoms with van der Waals surface area (Å²) in [5.41, 5.74) is 0.359. The van der Waals surface area contributed by atoms with E-state index in [-0.39, 0.29) is 40.7 Å². The second-order valence-corrected chi connectivity index (χ2v) is 2.26. The fraction of sp³-hybridized carbons (Fsp3) is 0.333. The van der Waals surface area contributed by atoms with Crippen molar-refractivity contribution in [3.05, 3.63) is 24.3 Å². The van der Waals surface area contributed by atoms with E-state index in [2.05, 4.69) is 11.3 Å². The third-order valence-corrected chi connectivity index (χ3v) is 0.872. The first-order valence-corrected chi connectivity index (χ1v) is 3.39. The first-order chi connectivity index (χ1) is 5.82. The van der Waals surface area contributed by atoms with Gasteiger partial charge in [0.15, 0.2) is 5.97 Å². The second-order valence-electron chi connectivity index (χ2n) is 2.26. The standard InChI is InChI=1S/C5H7O2.C4H6O2.Na/c1-4(2)5(6)7-3;1-3(2)4(5)6;/h1H,2-3H3;1H2,2H3,(H,5,6);/q-1;;+1. The normalized spacial score (nSPS) is 7.07. The van der Waals surface area contributed by atoms with Crippen LogP contribution in [-0.4, -0.2) is 24.2 Å². The molecule has 5 heteroatoms. The molecule has 0 aliphatic rings. The number of carbonyl (C=O) groups excluding carboxylic acids is 1. The zero-order valence-corrected chi connectivity index (χ0v) is 11.0. The molecule has 0 aliphatic carbocycles. The monoisotopic (exact) mass is 208 g/mol. The molecule has 0 rings (SSSR count). The quantitative estimate of drug-likeness (QED) is 0.251. The average molecular weight is 208 g/mol. The maximum absolute atomic E-state index is 10.1. The van der Waals surface area contributed by atoms with Crippen molar-refractivity contribution >= 4 is 11.9 Å². The molecule has 0 aromatic carbocycles. The van der Waals surface area contributed by atoms with Gasteiger partial charge in [0.1, 0.15) is 0 Å². The molecule has 0 aromatic heterocycles. The summed E-state index contributed by atoms with van der Waals surface area (Å²) in [4.78, 5) is 19.7. The Morgan fingerprint density at radius 1 is 1.36 bits per heavy atom. The Bertz CT molecular complexity index is 221. The van der Waals surface area contributed by atoms with E-state index in [1.807, 2.05) is 0 Å². The summed E-state index contributed by atoms with van der Waals surface area (Å²) in [5, 5.41) is 7.89. The Morgan fingerprint density at radius 2 is 1.64 bits per heavy atom. The van der Waals surface area contributed by atoms with Crippen molar-refractivity contribution in [1.82, 2.24) is 0 Å². The van der Waals surface area contributed by atoms with Crippen molar-refractivity contribution in [2.45, 2.75) is 13.8 Å². The van der Waals surface area contributed by atoms with Crippen molar-refractivity contribution < 1.29 is 49.0 Å². The minimum Gasteiger partial charge on any atom is -0.550 e. The van der Waals surface area contributed by atoms with Crippen molar-refractivity contribution in [3.8, 4) is 0 Å². The largest absolute Gasteiger partial charge is 1.00 e. The van der Waals surface area contributed by atoms with Gasteiger partial charge in [-0.1, -0.05) is 13.5 Å². The summed E-state index contributed by atoms with van der Waals surface area (Å²) in [6.07, 6.45) is 0. The number of esters is 1. The van der Waals surface area contributed by atoms with Gasteiger partial charge >= 0.3 is 35.5 Å². The predicted molar refractivity (Wildman–Crippen MR) is 48.0 cm³/mol. The maximum Gasteiger partial charge on any atom is 1.00 e. The Labute approximate surface area is 106 Å². The number of rotatable bonds is 2. The van der Waals surface area contributed by atoms with Crippen LogP contribution in [0.25, 0.3) is 0 Å². The van der Waals surface area contributed by atoms with Gasteiger partial charge in [-0.2, -0.15) is 0 Å². The first kappa shape index (κ1) is 19.1. The number of carboxylic acid groups (broad SMARTS) is 1. The van der Waals surface area contributed by atoms with Crippen molar-refractivity contribution in [2.75, 3.05) is 7.11 Å². The number of methoxy groups -OCH3 is 1. The molecule has 0 atom stereocenters. The Balaban J connectivity index is -0.000000163. The fourth-order valence-corrected chi connectivity index (χ4v) is 0.161. The van der Waals surface area contributed by atoms with Gasteiger partial charge in [0.25, 0.3) is 0 Å². The second kappa shape index (κ2) is 10.5. The molecule has 0 unspecified atom stereocenters. The van der Waals surface area contributed by atoms with E-state index in [4.69, 9.17) is 11.7 Å². The van der Waals surface area contributed by atoms with Gasteiger partial charge < -0.3 is 14.6 Å². The van der Waals surface area contributed by atoms with Gasteiger partial charge in [0.2, 0.25) is 0 Å². The topological polar surface area (TPSA) is 63.6 Å². The van der Waals surface area contributed by atoms with Crippen LogP contribution in [-0.2, 0) is 14.3 Å². The van der Waals surface area contributed by atoms with Crippen molar-refractivity contribution in [2.24, 2.45) is 0 Å². The van der Waals surface area contributed by atoms with Crippen LogP contribution in [0.1, 0.15) is 13.8 Å². The molecular weight excluding hydrogens is 195 g/mol. The molecule has 0 saturated carbocycles. The zero-order valence-electron chi connectivity index (χ0n) is 8.96. The molecular formula is C9H13NaO4. The fourth-order valence-electron chi connectivity index (χ4n) is 0.161. The van der Waals surface area contributed by atoms with Gasteiger partial charge in [-0.25, -0.2) is 4.79 Å². The van der Waals surface area contributed by atoms with Crippen LogP contribution in [0.3, 0.4) is 0 Å². The number of hydrogen-bond donors (Lipinski definition) is 1. The number of hydrogen-bond acceptors (Lipinski definition) is 3. The van der Waals surface area contributed by atoms with Crippen LogP contribution in [0.5, 0.6) is 0 Å². The number of aliphatic carboxylic acids is 1. The molecule has 1 N–H and O–H groups in total. The minimum atomic E-state index is -0.935. The third kappa shape index (κ3) is 14.0. The van der Waals surface area contributed by atoms with Crippen LogP contribution in [0.4, 0.5) is 0 Å². The van der Waals surface area contributed by atoms with Crippen LogP contribution < -0.4 is 29.6 Å². The molecule has 0 fully saturated rings. The van der Waals surface area contributed by atoms with E-state index in [1.165, 1.54) is 21.0 Å². The minimum absolute atomic E-state index is 0. The third-order valence-electron chi connectivity index (χ3n) is 0.872. The van der Waals surface area contributed by atoms with Crippen molar-refractivity contribution in [3.63, 3.8) is 0 Å². The molecule has 0 aromatic rings. The molecule has 74 valence electrons. The molecule has 0 amide bonds. The Hall–Kier alpha value is -0.580. The summed E-state index contributed by atoms with van der Waals surface area (Å²) >= 11 is 0. The van der Waals surface area contributed by atoms with Crippen molar-refractivity contribution in [1.29, 1.82) is 0 Å². The SMILES string of the molecule is C=C(C)C(=O)O.[CH-]=C(C)C(=O)OC.[Na+].